The van der Waals surface area contributed by atoms with Gasteiger partial charge in [-0.05, 0) is 20.8 Å². The van der Waals surface area contributed by atoms with Crippen molar-refractivity contribution >= 4 is 9.84 Å². The van der Waals surface area contributed by atoms with Crippen LogP contribution < -0.4 is 5.32 Å². The number of aromatic amines is 1. The summed E-state index contributed by atoms with van der Waals surface area (Å²) in [6, 6.07) is 0. The first-order valence-electron chi connectivity index (χ1n) is 5.13. The zero-order valence-electron chi connectivity index (χ0n) is 10.2. The molecule has 1 heterocycles. The molecule has 0 aliphatic carbocycles. The third kappa shape index (κ3) is 3.31. The van der Waals surface area contributed by atoms with Crippen LogP contribution in [0, 0.1) is 6.92 Å². The van der Waals surface area contributed by atoms with Crippen LogP contribution in [0.25, 0.3) is 0 Å². The van der Waals surface area contributed by atoms with Gasteiger partial charge in [-0.3, -0.25) is 0 Å². The summed E-state index contributed by atoms with van der Waals surface area (Å²) in [5.41, 5.74) is 0.960. The van der Waals surface area contributed by atoms with Crippen molar-refractivity contribution in [1.29, 1.82) is 0 Å². The predicted octanol–water partition coefficient (Wildman–Crippen LogP) is 0.631. The highest BCUT2D eigenvalue weighted by Crippen LogP contribution is 2.13. The fourth-order valence-corrected chi connectivity index (χ4v) is 1.56. The summed E-state index contributed by atoms with van der Waals surface area (Å²) >= 11 is 0. The zero-order valence-corrected chi connectivity index (χ0v) is 11.0. The summed E-state index contributed by atoms with van der Waals surface area (Å²) < 4.78 is 22.1. The van der Waals surface area contributed by atoms with E-state index in [2.05, 4.69) is 15.3 Å². The van der Waals surface area contributed by atoms with Gasteiger partial charge in [0.05, 0.1) is 4.75 Å². The van der Waals surface area contributed by atoms with Crippen LogP contribution in [-0.2, 0) is 16.4 Å². The third-order valence-corrected chi connectivity index (χ3v) is 4.78. The smallest absolute Gasteiger partial charge is 0.153 e. The van der Waals surface area contributed by atoms with Gasteiger partial charge in [-0.25, -0.2) is 13.4 Å². The number of aromatic nitrogens is 2. The van der Waals surface area contributed by atoms with Gasteiger partial charge in [0, 0.05) is 31.2 Å². The second-order valence-corrected chi connectivity index (χ2v) is 7.28. The molecule has 0 saturated carbocycles. The van der Waals surface area contributed by atoms with Crippen LogP contribution in [0.15, 0.2) is 6.20 Å². The molecule has 92 valence electrons. The van der Waals surface area contributed by atoms with E-state index in [4.69, 9.17) is 0 Å². The van der Waals surface area contributed by atoms with E-state index in [0.29, 0.717) is 13.1 Å². The predicted molar refractivity (Wildman–Crippen MR) is 64.0 cm³/mol. The van der Waals surface area contributed by atoms with Crippen LogP contribution in [0.3, 0.4) is 0 Å². The Morgan fingerprint density at radius 1 is 1.50 bits per heavy atom. The number of imidazole rings is 1. The van der Waals surface area contributed by atoms with Crippen molar-refractivity contribution in [3.8, 4) is 0 Å². The number of nitrogens with one attached hydrogen (secondary N) is 2. The van der Waals surface area contributed by atoms with Crippen LogP contribution in [0.2, 0.25) is 0 Å². The molecule has 0 aliphatic heterocycles. The monoisotopic (exact) mass is 245 g/mol. The van der Waals surface area contributed by atoms with Crippen molar-refractivity contribution in [2.75, 3.05) is 12.8 Å². The largest absolute Gasteiger partial charge is 0.345 e. The minimum atomic E-state index is -3.04. The number of aryl methyl sites for hydroxylation is 1. The Morgan fingerprint density at radius 3 is 2.56 bits per heavy atom. The van der Waals surface area contributed by atoms with Gasteiger partial charge in [-0.1, -0.05) is 0 Å². The number of hydrogen-bond donors (Lipinski definition) is 2. The Balaban J connectivity index is 2.48. The van der Waals surface area contributed by atoms with Gasteiger partial charge in [0.1, 0.15) is 5.82 Å². The van der Waals surface area contributed by atoms with Gasteiger partial charge in [-0.2, -0.15) is 0 Å². The minimum Gasteiger partial charge on any atom is -0.345 e. The molecule has 0 aliphatic rings. The lowest BCUT2D eigenvalue weighted by atomic mass is 10.2. The van der Waals surface area contributed by atoms with Gasteiger partial charge in [0.15, 0.2) is 9.84 Å². The van der Waals surface area contributed by atoms with Gasteiger partial charge in [0.2, 0.25) is 0 Å². The van der Waals surface area contributed by atoms with Crippen molar-refractivity contribution in [3.05, 3.63) is 17.7 Å². The molecule has 0 unspecified atom stereocenters. The number of hydrogen-bond acceptors (Lipinski definition) is 4. The Kier molecular flexibility index (Phi) is 3.75. The van der Waals surface area contributed by atoms with E-state index in [1.807, 2.05) is 6.92 Å². The lowest BCUT2D eigenvalue weighted by Gasteiger charge is -2.22. The Morgan fingerprint density at radius 2 is 2.12 bits per heavy atom. The maximum absolute atomic E-state index is 11.4. The molecular formula is C10H19N3O2S. The van der Waals surface area contributed by atoms with Gasteiger partial charge < -0.3 is 10.3 Å². The molecule has 6 heteroatoms. The normalized spacial score (nSPS) is 13.0. The van der Waals surface area contributed by atoms with Gasteiger partial charge in [0.25, 0.3) is 0 Å². The van der Waals surface area contributed by atoms with E-state index in [9.17, 15) is 8.42 Å². The van der Waals surface area contributed by atoms with Crippen LogP contribution in [0.1, 0.15) is 25.4 Å². The lowest BCUT2D eigenvalue weighted by molar-refractivity contribution is 0.520. The first-order valence-corrected chi connectivity index (χ1v) is 7.02. The highest BCUT2D eigenvalue weighted by atomic mass is 32.2. The fourth-order valence-electron chi connectivity index (χ4n) is 1.19. The molecule has 2 N–H and O–H groups in total. The zero-order chi connectivity index (χ0) is 12.4. The quantitative estimate of drug-likeness (QED) is 0.798. The van der Waals surface area contributed by atoms with Crippen molar-refractivity contribution < 1.29 is 8.42 Å². The Hall–Kier alpha value is -0.880. The molecule has 0 atom stereocenters. The second-order valence-electron chi connectivity index (χ2n) is 4.63. The van der Waals surface area contributed by atoms with Crippen LogP contribution in [0.5, 0.6) is 0 Å². The molecule has 5 nitrogen and oxygen atoms in total. The van der Waals surface area contributed by atoms with E-state index < -0.39 is 14.6 Å². The van der Waals surface area contributed by atoms with E-state index in [0.717, 1.165) is 11.5 Å². The first kappa shape index (κ1) is 13.2. The van der Waals surface area contributed by atoms with Crippen molar-refractivity contribution in [3.63, 3.8) is 0 Å². The standard InChI is InChI=1S/C10H19N3O2S/c1-8-12-6-9(13-8)5-11-7-10(2,3)16(4,14)15/h6,11H,5,7H2,1-4H3,(H,12,13). The van der Waals surface area contributed by atoms with E-state index in [1.165, 1.54) is 6.26 Å². The molecule has 0 spiro atoms. The molecule has 1 aromatic rings. The maximum atomic E-state index is 11.4. The number of sulfone groups is 1. The van der Waals surface area contributed by atoms with Crippen LogP contribution in [0.4, 0.5) is 0 Å². The summed E-state index contributed by atoms with van der Waals surface area (Å²) in [6.45, 7) is 6.33. The fraction of sp³-hybridized carbons (Fsp3) is 0.700. The van der Waals surface area contributed by atoms with Crippen molar-refractivity contribution in [2.45, 2.75) is 32.1 Å². The van der Waals surface area contributed by atoms with Crippen LogP contribution in [-0.4, -0.2) is 35.9 Å². The average Bonchev–Trinajstić information content (AvgIpc) is 2.49. The summed E-state index contributed by atoms with van der Waals surface area (Å²) in [7, 11) is -3.04. The molecule has 0 aromatic carbocycles. The molecular weight excluding hydrogens is 226 g/mol. The van der Waals surface area contributed by atoms with Crippen molar-refractivity contribution in [1.82, 2.24) is 15.3 Å². The molecule has 0 saturated heterocycles. The van der Waals surface area contributed by atoms with Crippen molar-refractivity contribution in [2.24, 2.45) is 0 Å². The SMILES string of the molecule is Cc1ncc(CNCC(C)(C)S(C)(=O)=O)[nH]1. The third-order valence-electron chi connectivity index (χ3n) is 2.63. The highest BCUT2D eigenvalue weighted by molar-refractivity contribution is 7.92. The molecule has 0 fully saturated rings. The second kappa shape index (κ2) is 4.55. The molecule has 1 aromatic heterocycles. The Bertz CT molecular complexity index is 448. The average molecular weight is 245 g/mol. The minimum absolute atomic E-state index is 0.421. The van der Waals surface area contributed by atoms with E-state index in [1.54, 1.807) is 20.0 Å². The number of nitrogens with zero attached hydrogens (tertiary/aromatic N) is 1. The molecule has 0 amide bonds. The maximum Gasteiger partial charge on any atom is 0.153 e. The molecule has 16 heavy (non-hydrogen) atoms. The summed E-state index contributed by atoms with van der Waals surface area (Å²) in [4.78, 5) is 7.14. The number of H-pyrrole nitrogens is 1. The molecule has 0 bridgehead atoms. The van der Waals surface area contributed by atoms with Gasteiger partial charge >= 0.3 is 0 Å². The highest BCUT2D eigenvalue weighted by Gasteiger charge is 2.29. The van der Waals surface area contributed by atoms with Crippen LogP contribution >= 0.6 is 0 Å². The lowest BCUT2D eigenvalue weighted by Crippen LogP contribution is -2.41. The first-order chi connectivity index (χ1) is 7.22. The Labute approximate surface area is 96.6 Å². The molecule has 1 rings (SSSR count). The number of rotatable bonds is 5. The molecule has 0 radical (unpaired) electrons. The van der Waals surface area contributed by atoms with Gasteiger partial charge in [-0.15, -0.1) is 0 Å². The van der Waals surface area contributed by atoms with E-state index >= 15 is 0 Å². The summed E-state index contributed by atoms with van der Waals surface area (Å²) in [6.07, 6.45) is 3.00. The summed E-state index contributed by atoms with van der Waals surface area (Å²) in [5, 5.41) is 3.11. The van der Waals surface area contributed by atoms with E-state index in [-0.39, 0.29) is 0 Å². The summed E-state index contributed by atoms with van der Waals surface area (Å²) in [5.74, 6) is 0.860. The topological polar surface area (TPSA) is 74.8 Å².